The van der Waals surface area contributed by atoms with Gasteiger partial charge in [-0.05, 0) is 62.4 Å². The number of hydrogen-bond donors (Lipinski definition) is 1. The van der Waals surface area contributed by atoms with Crippen LogP contribution in [0.1, 0.15) is 28.7 Å². The van der Waals surface area contributed by atoms with E-state index in [9.17, 15) is 0 Å². The van der Waals surface area contributed by atoms with Crippen molar-refractivity contribution in [1.29, 1.82) is 0 Å². The lowest BCUT2D eigenvalue weighted by Crippen LogP contribution is -2.01. The van der Waals surface area contributed by atoms with Gasteiger partial charge in [0.1, 0.15) is 0 Å². The number of benzene rings is 1. The molecule has 1 aromatic rings. The second-order valence-corrected chi connectivity index (χ2v) is 3.75. The van der Waals surface area contributed by atoms with Crippen molar-refractivity contribution in [3.05, 3.63) is 34.4 Å². The molecule has 0 heterocycles. The van der Waals surface area contributed by atoms with Gasteiger partial charge in [-0.15, -0.1) is 0 Å². The SMILES string of the molecule is Cc1cc(CCCN)cc(C)c1C. The van der Waals surface area contributed by atoms with Gasteiger partial charge >= 0.3 is 0 Å². The van der Waals surface area contributed by atoms with E-state index in [-0.39, 0.29) is 0 Å². The van der Waals surface area contributed by atoms with Crippen molar-refractivity contribution >= 4 is 0 Å². The average molecular weight is 177 g/mol. The molecule has 0 aromatic heterocycles. The Kier molecular flexibility index (Phi) is 3.49. The lowest BCUT2D eigenvalue weighted by Gasteiger charge is -2.08. The Balaban J connectivity index is 2.86. The van der Waals surface area contributed by atoms with Crippen LogP contribution in [0.2, 0.25) is 0 Å². The Labute approximate surface area is 81.0 Å². The first-order valence-corrected chi connectivity index (χ1v) is 4.92. The molecule has 72 valence electrons. The van der Waals surface area contributed by atoms with Crippen molar-refractivity contribution in [2.75, 3.05) is 6.54 Å². The predicted octanol–water partition coefficient (Wildman–Crippen LogP) is 2.50. The van der Waals surface area contributed by atoms with E-state index in [4.69, 9.17) is 5.73 Å². The van der Waals surface area contributed by atoms with Gasteiger partial charge in [0.25, 0.3) is 0 Å². The van der Waals surface area contributed by atoms with E-state index in [1.165, 1.54) is 22.3 Å². The summed E-state index contributed by atoms with van der Waals surface area (Å²) in [5.41, 5.74) is 11.1. The van der Waals surface area contributed by atoms with Gasteiger partial charge in [0.15, 0.2) is 0 Å². The first-order chi connectivity index (χ1) is 6.15. The van der Waals surface area contributed by atoms with Crippen LogP contribution < -0.4 is 5.73 Å². The van der Waals surface area contributed by atoms with Gasteiger partial charge in [-0.2, -0.15) is 0 Å². The summed E-state index contributed by atoms with van der Waals surface area (Å²) >= 11 is 0. The van der Waals surface area contributed by atoms with Crippen molar-refractivity contribution in [3.8, 4) is 0 Å². The zero-order valence-electron chi connectivity index (χ0n) is 8.85. The van der Waals surface area contributed by atoms with E-state index < -0.39 is 0 Å². The summed E-state index contributed by atoms with van der Waals surface area (Å²) in [6.45, 7) is 7.31. The second kappa shape index (κ2) is 4.43. The van der Waals surface area contributed by atoms with E-state index >= 15 is 0 Å². The molecule has 1 rings (SSSR count). The van der Waals surface area contributed by atoms with Crippen molar-refractivity contribution in [2.45, 2.75) is 33.6 Å². The average Bonchev–Trinajstić information content (AvgIpc) is 2.10. The Bertz CT molecular complexity index is 266. The maximum atomic E-state index is 5.48. The topological polar surface area (TPSA) is 26.0 Å². The fourth-order valence-electron chi connectivity index (χ4n) is 1.58. The number of nitrogens with two attached hydrogens (primary N) is 1. The van der Waals surface area contributed by atoms with Crippen LogP contribution in [0, 0.1) is 20.8 Å². The van der Waals surface area contributed by atoms with Crippen LogP contribution in [0.25, 0.3) is 0 Å². The quantitative estimate of drug-likeness (QED) is 0.754. The number of rotatable bonds is 3. The Morgan fingerprint density at radius 2 is 1.62 bits per heavy atom. The van der Waals surface area contributed by atoms with Crippen LogP contribution in [0.15, 0.2) is 12.1 Å². The van der Waals surface area contributed by atoms with Gasteiger partial charge < -0.3 is 5.73 Å². The molecule has 13 heavy (non-hydrogen) atoms. The van der Waals surface area contributed by atoms with E-state index in [2.05, 4.69) is 32.9 Å². The minimum Gasteiger partial charge on any atom is -0.330 e. The molecule has 0 bridgehead atoms. The van der Waals surface area contributed by atoms with Gasteiger partial charge in [0, 0.05) is 0 Å². The molecular weight excluding hydrogens is 158 g/mol. The number of hydrogen-bond acceptors (Lipinski definition) is 1. The molecule has 0 unspecified atom stereocenters. The summed E-state index contributed by atoms with van der Waals surface area (Å²) < 4.78 is 0. The molecule has 0 spiro atoms. The van der Waals surface area contributed by atoms with Gasteiger partial charge in [-0.3, -0.25) is 0 Å². The van der Waals surface area contributed by atoms with Gasteiger partial charge in [0.05, 0.1) is 0 Å². The van der Waals surface area contributed by atoms with E-state index in [0.717, 1.165) is 19.4 Å². The highest BCUT2D eigenvalue weighted by molar-refractivity contribution is 5.36. The monoisotopic (exact) mass is 177 g/mol. The molecule has 0 amide bonds. The Morgan fingerprint density at radius 1 is 1.08 bits per heavy atom. The third-order valence-electron chi connectivity index (χ3n) is 2.66. The highest BCUT2D eigenvalue weighted by atomic mass is 14.5. The third kappa shape index (κ3) is 2.56. The standard InChI is InChI=1S/C12H19N/c1-9-7-12(5-4-6-13)8-10(2)11(9)3/h7-8H,4-6,13H2,1-3H3. The molecule has 0 aliphatic carbocycles. The highest BCUT2D eigenvalue weighted by Crippen LogP contribution is 2.16. The fourth-order valence-corrected chi connectivity index (χ4v) is 1.58. The van der Waals surface area contributed by atoms with Crippen molar-refractivity contribution in [2.24, 2.45) is 5.73 Å². The minimum absolute atomic E-state index is 0.784. The molecule has 0 saturated heterocycles. The molecule has 0 fully saturated rings. The van der Waals surface area contributed by atoms with Gasteiger partial charge in [0.2, 0.25) is 0 Å². The zero-order valence-corrected chi connectivity index (χ0v) is 8.85. The highest BCUT2D eigenvalue weighted by Gasteiger charge is 2.00. The normalized spacial score (nSPS) is 10.5. The molecule has 0 aliphatic rings. The Morgan fingerprint density at radius 3 is 2.08 bits per heavy atom. The minimum atomic E-state index is 0.784. The fraction of sp³-hybridized carbons (Fsp3) is 0.500. The largest absolute Gasteiger partial charge is 0.330 e. The van der Waals surface area contributed by atoms with Gasteiger partial charge in [-0.1, -0.05) is 12.1 Å². The van der Waals surface area contributed by atoms with E-state index in [0.29, 0.717) is 0 Å². The van der Waals surface area contributed by atoms with Crippen molar-refractivity contribution < 1.29 is 0 Å². The third-order valence-corrected chi connectivity index (χ3v) is 2.66. The smallest absolute Gasteiger partial charge is 0.00741 e. The molecule has 0 aliphatic heterocycles. The Hall–Kier alpha value is -0.820. The maximum Gasteiger partial charge on any atom is -0.00741 e. The number of aryl methyl sites for hydroxylation is 3. The van der Waals surface area contributed by atoms with Crippen molar-refractivity contribution in [3.63, 3.8) is 0 Å². The van der Waals surface area contributed by atoms with Crippen LogP contribution in [0.3, 0.4) is 0 Å². The molecule has 2 N–H and O–H groups in total. The molecule has 0 atom stereocenters. The molecule has 0 radical (unpaired) electrons. The van der Waals surface area contributed by atoms with Gasteiger partial charge in [-0.25, -0.2) is 0 Å². The summed E-state index contributed by atoms with van der Waals surface area (Å²) in [5, 5.41) is 0. The van der Waals surface area contributed by atoms with E-state index in [1.54, 1.807) is 0 Å². The first kappa shape index (κ1) is 10.3. The molecule has 0 saturated carbocycles. The van der Waals surface area contributed by atoms with Crippen LogP contribution in [-0.2, 0) is 6.42 Å². The summed E-state index contributed by atoms with van der Waals surface area (Å²) in [4.78, 5) is 0. The lowest BCUT2D eigenvalue weighted by molar-refractivity contribution is 0.830. The van der Waals surface area contributed by atoms with E-state index in [1.807, 2.05) is 0 Å². The van der Waals surface area contributed by atoms with Crippen LogP contribution >= 0.6 is 0 Å². The van der Waals surface area contributed by atoms with Crippen LogP contribution in [0.4, 0.5) is 0 Å². The molecular formula is C12H19N. The lowest BCUT2D eigenvalue weighted by atomic mass is 9.98. The summed E-state index contributed by atoms with van der Waals surface area (Å²) in [7, 11) is 0. The second-order valence-electron chi connectivity index (χ2n) is 3.75. The summed E-state index contributed by atoms with van der Waals surface area (Å²) in [6.07, 6.45) is 2.19. The summed E-state index contributed by atoms with van der Waals surface area (Å²) in [5.74, 6) is 0. The van der Waals surface area contributed by atoms with Crippen LogP contribution in [-0.4, -0.2) is 6.54 Å². The summed E-state index contributed by atoms with van der Waals surface area (Å²) in [6, 6.07) is 4.55. The zero-order chi connectivity index (χ0) is 9.84. The first-order valence-electron chi connectivity index (χ1n) is 4.92. The maximum absolute atomic E-state index is 5.48. The van der Waals surface area contributed by atoms with Crippen LogP contribution in [0.5, 0.6) is 0 Å². The molecule has 1 aromatic carbocycles. The molecule has 1 nitrogen and oxygen atoms in total. The molecule has 1 heteroatoms. The predicted molar refractivity (Wildman–Crippen MR) is 58.0 cm³/mol. The van der Waals surface area contributed by atoms with Crippen molar-refractivity contribution in [1.82, 2.24) is 0 Å².